The van der Waals surface area contributed by atoms with E-state index in [1.54, 1.807) is 0 Å². The number of hydrogen-bond acceptors (Lipinski definition) is 3. The molecule has 0 radical (unpaired) electrons. The van der Waals surface area contributed by atoms with E-state index < -0.39 is 0 Å². The lowest BCUT2D eigenvalue weighted by Gasteiger charge is -2.30. The fourth-order valence-electron chi connectivity index (χ4n) is 3.28. The minimum absolute atomic E-state index is 0.0819. The summed E-state index contributed by atoms with van der Waals surface area (Å²) in [6, 6.07) is 4.21. The normalized spacial score (nSPS) is 16.3. The second-order valence-corrected chi connectivity index (χ2v) is 6.48. The summed E-state index contributed by atoms with van der Waals surface area (Å²) in [4.78, 5) is 14.5. The van der Waals surface area contributed by atoms with Crippen LogP contribution in [0.25, 0.3) is 0 Å². The minimum Gasteiger partial charge on any atom is -0.494 e. The lowest BCUT2D eigenvalue weighted by Crippen LogP contribution is -2.48. The molecule has 1 aliphatic rings. The van der Waals surface area contributed by atoms with Gasteiger partial charge in [-0.3, -0.25) is 4.79 Å². The fourth-order valence-corrected chi connectivity index (χ4v) is 3.28. The number of rotatable bonds is 6. The van der Waals surface area contributed by atoms with Crippen LogP contribution in [0.5, 0.6) is 5.75 Å². The summed E-state index contributed by atoms with van der Waals surface area (Å²) < 4.78 is 5.60. The predicted molar refractivity (Wildman–Crippen MR) is 94.0 cm³/mol. The van der Waals surface area contributed by atoms with Crippen LogP contribution in [0.3, 0.4) is 0 Å². The van der Waals surface area contributed by atoms with Gasteiger partial charge in [0.25, 0.3) is 0 Å². The van der Waals surface area contributed by atoms with Gasteiger partial charge < -0.3 is 15.0 Å². The number of carbonyl (C=O) groups excluding carboxylic acids is 1. The molecule has 0 spiro atoms. The van der Waals surface area contributed by atoms with Gasteiger partial charge in [-0.05, 0) is 62.4 Å². The molecular weight excluding hydrogens is 288 g/mol. The zero-order chi connectivity index (χ0) is 16.8. The summed E-state index contributed by atoms with van der Waals surface area (Å²) in [5.41, 5.74) is 3.87. The largest absolute Gasteiger partial charge is 0.494 e. The van der Waals surface area contributed by atoms with Gasteiger partial charge in [-0.25, -0.2) is 0 Å². The van der Waals surface area contributed by atoms with E-state index in [1.807, 2.05) is 11.8 Å². The maximum absolute atomic E-state index is 12.5. The van der Waals surface area contributed by atoms with Gasteiger partial charge in [-0.1, -0.05) is 6.92 Å². The molecule has 1 amide bonds. The van der Waals surface area contributed by atoms with Crippen molar-refractivity contribution in [3.05, 3.63) is 28.8 Å². The molecule has 1 aromatic carbocycles. The summed E-state index contributed by atoms with van der Waals surface area (Å²) in [7, 11) is 0. The van der Waals surface area contributed by atoms with Crippen molar-refractivity contribution in [3.8, 4) is 5.75 Å². The van der Waals surface area contributed by atoms with Crippen molar-refractivity contribution in [2.75, 3.05) is 32.8 Å². The molecule has 4 nitrogen and oxygen atoms in total. The van der Waals surface area contributed by atoms with E-state index in [0.29, 0.717) is 12.5 Å². The number of carbonyl (C=O) groups is 1. The van der Waals surface area contributed by atoms with Crippen LogP contribution in [0.4, 0.5) is 0 Å². The Kier molecular flexibility index (Phi) is 6.46. The number of ether oxygens (including phenoxy) is 1. The molecule has 1 atom stereocenters. The van der Waals surface area contributed by atoms with E-state index in [1.165, 1.54) is 16.7 Å². The minimum atomic E-state index is 0.0819. The quantitative estimate of drug-likeness (QED) is 0.877. The lowest BCUT2D eigenvalue weighted by molar-refractivity contribution is -0.135. The Hall–Kier alpha value is -1.55. The SMILES string of the molecule is CCOc1cc(C)c(CCC(C)C(=O)N2CCNCC2)c(C)c1. The lowest BCUT2D eigenvalue weighted by atomic mass is 9.93. The van der Waals surface area contributed by atoms with E-state index in [-0.39, 0.29) is 5.92 Å². The average Bonchev–Trinajstić information content (AvgIpc) is 2.54. The first-order valence-corrected chi connectivity index (χ1v) is 8.75. The highest BCUT2D eigenvalue weighted by Crippen LogP contribution is 2.24. The number of aryl methyl sites for hydroxylation is 2. The molecule has 0 aromatic heterocycles. The Morgan fingerprint density at radius 2 is 1.87 bits per heavy atom. The summed E-state index contributed by atoms with van der Waals surface area (Å²) in [6.07, 6.45) is 1.85. The number of nitrogens with one attached hydrogen (secondary N) is 1. The van der Waals surface area contributed by atoms with Crippen LogP contribution >= 0.6 is 0 Å². The van der Waals surface area contributed by atoms with Crippen molar-refractivity contribution in [2.24, 2.45) is 5.92 Å². The third kappa shape index (κ3) is 4.71. The number of amides is 1. The Bertz CT molecular complexity index is 513. The van der Waals surface area contributed by atoms with Crippen LogP contribution in [0.15, 0.2) is 12.1 Å². The molecule has 0 aliphatic carbocycles. The third-order valence-electron chi connectivity index (χ3n) is 4.66. The van der Waals surface area contributed by atoms with Crippen LogP contribution in [-0.4, -0.2) is 43.6 Å². The summed E-state index contributed by atoms with van der Waals surface area (Å²) in [6.45, 7) is 12.5. The number of piperazine rings is 1. The molecule has 1 N–H and O–H groups in total. The monoisotopic (exact) mass is 318 g/mol. The van der Waals surface area contributed by atoms with Crippen LogP contribution in [0, 0.1) is 19.8 Å². The van der Waals surface area contributed by atoms with Crippen molar-refractivity contribution in [1.82, 2.24) is 10.2 Å². The predicted octanol–water partition coefficient (Wildman–Crippen LogP) is 2.70. The maximum atomic E-state index is 12.5. The van der Waals surface area contributed by atoms with Gasteiger partial charge in [-0.2, -0.15) is 0 Å². The van der Waals surface area contributed by atoms with Crippen LogP contribution in [0.1, 0.15) is 37.0 Å². The van der Waals surface area contributed by atoms with E-state index in [0.717, 1.165) is 44.8 Å². The number of nitrogens with zero attached hydrogens (tertiary/aromatic N) is 1. The highest BCUT2D eigenvalue weighted by molar-refractivity contribution is 5.78. The van der Waals surface area contributed by atoms with Gasteiger partial charge in [-0.15, -0.1) is 0 Å². The Labute approximate surface area is 140 Å². The van der Waals surface area contributed by atoms with Gasteiger partial charge in [0.2, 0.25) is 5.91 Å². The first kappa shape index (κ1) is 17.8. The van der Waals surface area contributed by atoms with Crippen LogP contribution in [-0.2, 0) is 11.2 Å². The number of benzene rings is 1. The Morgan fingerprint density at radius 3 is 2.43 bits per heavy atom. The molecule has 23 heavy (non-hydrogen) atoms. The van der Waals surface area contributed by atoms with E-state index in [2.05, 4.69) is 38.2 Å². The topological polar surface area (TPSA) is 41.6 Å². The maximum Gasteiger partial charge on any atom is 0.225 e. The molecule has 0 bridgehead atoms. The standard InChI is InChI=1S/C19H30N2O2/c1-5-23-17-12-15(3)18(16(4)13-17)7-6-14(2)19(22)21-10-8-20-9-11-21/h12-14,20H,5-11H2,1-4H3. The third-order valence-corrected chi connectivity index (χ3v) is 4.66. The summed E-state index contributed by atoms with van der Waals surface area (Å²) >= 11 is 0. The molecule has 128 valence electrons. The average molecular weight is 318 g/mol. The molecular formula is C19H30N2O2. The second-order valence-electron chi connectivity index (χ2n) is 6.48. The fraction of sp³-hybridized carbons (Fsp3) is 0.632. The number of hydrogen-bond donors (Lipinski definition) is 1. The highest BCUT2D eigenvalue weighted by Gasteiger charge is 2.22. The Balaban J connectivity index is 1.95. The van der Waals surface area contributed by atoms with Crippen molar-refractivity contribution in [1.29, 1.82) is 0 Å². The van der Waals surface area contributed by atoms with Crippen LogP contribution < -0.4 is 10.1 Å². The molecule has 2 rings (SSSR count). The Morgan fingerprint density at radius 1 is 1.26 bits per heavy atom. The first-order chi connectivity index (χ1) is 11.0. The molecule has 1 heterocycles. The molecule has 4 heteroatoms. The van der Waals surface area contributed by atoms with Gasteiger partial charge in [0.15, 0.2) is 0 Å². The molecule has 1 fully saturated rings. The molecule has 0 saturated carbocycles. The second kappa shape index (κ2) is 8.34. The highest BCUT2D eigenvalue weighted by atomic mass is 16.5. The van der Waals surface area contributed by atoms with Crippen LogP contribution in [0.2, 0.25) is 0 Å². The first-order valence-electron chi connectivity index (χ1n) is 8.75. The van der Waals surface area contributed by atoms with Gasteiger partial charge >= 0.3 is 0 Å². The van der Waals surface area contributed by atoms with Gasteiger partial charge in [0, 0.05) is 32.1 Å². The molecule has 1 saturated heterocycles. The van der Waals surface area contributed by atoms with Gasteiger partial charge in [0.05, 0.1) is 6.61 Å². The van der Waals surface area contributed by atoms with Crippen molar-refractivity contribution in [2.45, 2.75) is 40.5 Å². The van der Waals surface area contributed by atoms with E-state index in [4.69, 9.17) is 4.74 Å². The van der Waals surface area contributed by atoms with Crippen molar-refractivity contribution in [3.63, 3.8) is 0 Å². The van der Waals surface area contributed by atoms with Crippen molar-refractivity contribution < 1.29 is 9.53 Å². The summed E-state index contributed by atoms with van der Waals surface area (Å²) in [5.74, 6) is 1.32. The molecule has 1 aliphatic heterocycles. The zero-order valence-corrected chi connectivity index (χ0v) is 14.9. The zero-order valence-electron chi connectivity index (χ0n) is 14.9. The van der Waals surface area contributed by atoms with Gasteiger partial charge in [0.1, 0.15) is 5.75 Å². The smallest absolute Gasteiger partial charge is 0.225 e. The van der Waals surface area contributed by atoms with Crippen molar-refractivity contribution >= 4 is 5.91 Å². The molecule has 1 unspecified atom stereocenters. The van der Waals surface area contributed by atoms with E-state index in [9.17, 15) is 4.79 Å². The molecule has 1 aromatic rings. The summed E-state index contributed by atoms with van der Waals surface area (Å²) in [5, 5.41) is 3.29. The van der Waals surface area contributed by atoms with E-state index >= 15 is 0 Å².